The third-order valence-corrected chi connectivity index (χ3v) is 17.6. The van der Waals surface area contributed by atoms with E-state index in [1.165, 1.54) is 31.9 Å². The maximum absolute atomic E-state index is 13.9. The lowest BCUT2D eigenvalue weighted by molar-refractivity contribution is -0.368. The third-order valence-electron chi connectivity index (χ3n) is 17.6. The quantitative estimate of drug-likeness (QED) is 0.0243. The van der Waals surface area contributed by atoms with E-state index in [2.05, 4.69) is 45.7 Å². The van der Waals surface area contributed by atoms with Gasteiger partial charge in [-0.1, -0.05) is 44.4 Å². The van der Waals surface area contributed by atoms with Gasteiger partial charge in [-0.05, 0) is 50.8 Å². The number of unbranched alkanes of at least 4 members (excludes halogenated alkanes) is 5. The van der Waals surface area contributed by atoms with Crippen LogP contribution in [0.1, 0.15) is 96.8 Å². The van der Waals surface area contributed by atoms with E-state index in [4.69, 9.17) is 56.8 Å². The van der Waals surface area contributed by atoms with Crippen molar-refractivity contribution in [2.75, 3.05) is 39.6 Å². The summed E-state index contributed by atoms with van der Waals surface area (Å²) in [5, 5.41) is 168. The summed E-state index contributed by atoms with van der Waals surface area (Å²) in [4.78, 5) is 65.0. The summed E-state index contributed by atoms with van der Waals surface area (Å²) >= 11 is 0. The Morgan fingerprint density at radius 3 is 1.34 bits per heavy atom. The highest BCUT2D eigenvalue weighted by molar-refractivity contribution is 5.94. The minimum Gasteiger partial charge on any atom is -0.494 e. The molecule has 6 aliphatic heterocycles. The Morgan fingerprint density at radius 2 is 0.878 bits per heavy atom. The van der Waals surface area contributed by atoms with Crippen LogP contribution >= 0.6 is 0 Å². The first-order valence-corrected chi connectivity index (χ1v) is 32.8. The van der Waals surface area contributed by atoms with Crippen LogP contribution in [0.3, 0.4) is 0 Å². The van der Waals surface area contributed by atoms with E-state index in [9.17, 15) is 95.5 Å². The molecule has 36 nitrogen and oxygen atoms in total. The van der Waals surface area contributed by atoms with Crippen molar-refractivity contribution < 1.29 is 152 Å². The molecular formula is C62H99N5O31. The van der Waals surface area contributed by atoms with Gasteiger partial charge < -0.3 is 155 Å². The molecule has 6 saturated heterocycles. The number of amides is 5. The average Bonchev–Trinajstić information content (AvgIpc) is 0.771. The van der Waals surface area contributed by atoms with Crippen molar-refractivity contribution in [1.29, 1.82) is 0 Å². The highest BCUT2D eigenvalue weighted by atomic mass is 16.8. The van der Waals surface area contributed by atoms with Gasteiger partial charge in [0.2, 0.25) is 23.6 Å². The van der Waals surface area contributed by atoms with Gasteiger partial charge in [0.15, 0.2) is 37.7 Å². The first-order valence-electron chi connectivity index (χ1n) is 32.8. The van der Waals surface area contributed by atoms with Crippen LogP contribution in [0, 0.1) is 0 Å². The number of hydrogen-bond donors (Lipinski definition) is 19. The second kappa shape index (κ2) is 37.9. The SMILES string of the molecule is CCCCCC/C=C\CCCOc1cccc(C(=O)NC2C(O)[C@H](O)C(CO)O[C@H]2O[C@@H]2C(CO)O[C@@H](O[C@@H]3C(CO)O[C@@H](O[C@@H]4C(CO)O[C@@H](O[C@@H]5C(CO[C@@H]6OC(C)[C@@H](O)C(O)C6O)O[C@@H](O)C(NC(C)=O)C5O)C(NC(C)=O)C4O)C(NC(C)=O)C3O)C(NC(C)=O)C2O)c1. The maximum atomic E-state index is 13.9. The summed E-state index contributed by atoms with van der Waals surface area (Å²) in [5.41, 5.74) is 0.0454. The van der Waals surface area contributed by atoms with Crippen molar-refractivity contribution in [2.24, 2.45) is 0 Å². The third kappa shape index (κ3) is 20.5. The summed E-state index contributed by atoms with van der Waals surface area (Å²) in [6.45, 7) is 3.29. The van der Waals surface area contributed by atoms with Crippen LogP contribution in [0.4, 0.5) is 0 Å². The van der Waals surface area contributed by atoms with Crippen LogP contribution < -0.4 is 31.3 Å². The number of carbonyl (C=O) groups is 5. The molecule has 5 amide bonds. The van der Waals surface area contributed by atoms with E-state index >= 15 is 0 Å². The summed E-state index contributed by atoms with van der Waals surface area (Å²) in [5.74, 6) is -3.72. The number of benzene rings is 1. The number of allylic oxidation sites excluding steroid dienone is 2. The molecular weight excluding hydrogens is 1310 g/mol. The highest BCUT2D eigenvalue weighted by Crippen LogP contribution is 2.37. The molecule has 6 heterocycles. The molecule has 0 aliphatic carbocycles. The lowest BCUT2D eigenvalue weighted by Gasteiger charge is -2.51. The molecule has 36 heteroatoms. The Bertz CT molecular complexity index is 2710. The molecule has 30 atom stereocenters. The lowest BCUT2D eigenvalue weighted by atomic mass is 9.93. The van der Waals surface area contributed by atoms with Crippen molar-refractivity contribution in [2.45, 2.75) is 270 Å². The van der Waals surface area contributed by atoms with Gasteiger partial charge in [0.25, 0.3) is 5.91 Å². The molecule has 558 valence electrons. The first-order chi connectivity index (χ1) is 46.7. The van der Waals surface area contributed by atoms with E-state index in [1.807, 2.05) is 0 Å². The molecule has 6 aliphatic rings. The summed E-state index contributed by atoms with van der Waals surface area (Å²) in [6, 6.07) is -2.52. The lowest BCUT2D eigenvalue weighted by Crippen LogP contribution is -2.72. The first kappa shape index (κ1) is 80.4. The van der Waals surface area contributed by atoms with E-state index in [0.717, 1.165) is 53.4 Å². The fourth-order valence-electron chi connectivity index (χ4n) is 12.4. The molecule has 6 fully saturated rings. The van der Waals surface area contributed by atoms with Gasteiger partial charge in [-0.25, -0.2) is 0 Å². The number of hydrogen-bond acceptors (Lipinski definition) is 31. The number of aliphatic hydroxyl groups excluding tert-OH is 14. The van der Waals surface area contributed by atoms with Gasteiger partial charge in [-0.2, -0.15) is 0 Å². The monoisotopic (exact) mass is 1410 g/mol. The number of carbonyl (C=O) groups excluding carboxylic acids is 5. The molecule has 98 heavy (non-hydrogen) atoms. The standard InChI is InChI=1S/C62H99N5O31/c1-7-8-9-10-11-12-13-14-15-19-87-32-18-16-17-31(20-32)56(85)67-39-45(78)44(77)33(21-68)91-58(39)95-52-34(22-69)92-59(40(47(52)80)64-28(4)73)96-53-35(23-70)93-60(41(48(53)81)65-29(5)74)97-54-36(24-71)94-61(42(49(54)82)66-30(6)75)98-55-37(90-57(86)38(46(55)79)63-27(3)72)25-88-62-51(84)50(83)43(76)26(2)89-62/h12-13,16-18,20,26,33-55,57-62,68-71,76-84,86H,7-11,14-15,19,21-25H2,1-6H3,(H,63,72)(H,64,73)(H,65,74)(H,66,75)(H,67,85)/b13-12-/t26?,33?,34?,35?,36?,37?,38?,39?,40?,41?,42?,43-,44-,45?,46?,47?,48?,49?,50?,51?,52-,53-,54-,55-,57-,58+,59+,60+,61+,62-/m1/s1. The topological polar surface area (TPSA) is 539 Å². The predicted octanol–water partition coefficient (Wildman–Crippen LogP) is -7.37. The number of nitrogens with one attached hydrogen (secondary N) is 5. The molecule has 0 saturated carbocycles. The summed E-state index contributed by atoms with van der Waals surface area (Å²) in [7, 11) is 0. The maximum Gasteiger partial charge on any atom is 0.251 e. The molecule has 1 aromatic rings. The normalized spacial score (nSPS) is 39.9. The van der Waals surface area contributed by atoms with E-state index < -0.39 is 246 Å². The zero-order valence-corrected chi connectivity index (χ0v) is 55.2. The Balaban J connectivity index is 1.07. The van der Waals surface area contributed by atoms with Gasteiger partial charge in [-0.15, -0.1) is 0 Å². The van der Waals surface area contributed by atoms with Crippen LogP contribution in [0.5, 0.6) is 5.75 Å². The summed E-state index contributed by atoms with van der Waals surface area (Å²) < 4.78 is 71.9. The van der Waals surface area contributed by atoms with Crippen LogP contribution in [0.2, 0.25) is 0 Å². The van der Waals surface area contributed by atoms with E-state index in [0.29, 0.717) is 18.8 Å². The Kier molecular flexibility index (Phi) is 31.1. The van der Waals surface area contributed by atoms with Gasteiger partial charge in [0, 0.05) is 33.3 Å². The smallest absolute Gasteiger partial charge is 0.251 e. The minimum absolute atomic E-state index is 0.0454. The van der Waals surface area contributed by atoms with Gasteiger partial charge >= 0.3 is 0 Å². The molecule has 1 aromatic carbocycles. The van der Waals surface area contributed by atoms with Crippen molar-refractivity contribution >= 4 is 29.5 Å². The highest BCUT2D eigenvalue weighted by Gasteiger charge is 2.58. The fraction of sp³-hybridized carbons (Fsp3) is 0.790. The van der Waals surface area contributed by atoms with Crippen molar-refractivity contribution in [3.63, 3.8) is 0 Å². The van der Waals surface area contributed by atoms with Crippen molar-refractivity contribution in [3.05, 3.63) is 42.0 Å². The fourth-order valence-corrected chi connectivity index (χ4v) is 12.4. The van der Waals surface area contributed by atoms with Crippen molar-refractivity contribution in [1.82, 2.24) is 26.6 Å². The second-order valence-corrected chi connectivity index (χ2v) is 25.1. The Labute approximate surface area is 564 Å². The van der Waals surface area contributed by atoms with Crippen molar-refractivity contribution in [3.8, 4) is 5.75 Å². The Morgan fingerprint density at radius 1 is 0.449 bits per heavy atom. The largest absolute Gasteiger partial charge is 0.494 e. The number of rotatable bonds is 31. The average molecular weight is 1410 g/mol. The van der Waals surface area contributed by atoms with Gasteiger partial charge in [0.1, 0.15) is 146 Å². The molecule has 0 radical (unpaired) electrons. The Hall–Kier alpha value is -4.89. The zero-order valence-electron chi connectivity index (χ0n) is 55.2. The molecule has 7 rings (SSSR count). The zero-order chi connectivity index (χ0) is 71.8. The molecule has 0 bridgehead atoms. The minimum atomic E-state index is -2.07. The van der Waals surface area contributed by atoms with Crippen LogP contribution in [0.25, 0.3) is 0 Å². The second-order valence-electron chi connectivity index (χ2n) is 25.1. The van der Waals surface area contributed by atoms with Crippen LogP contribution in [0.15, 0.2) is 36.4 Å². The molecule has 19 N–H and O–H groups in total. The van der Waals surface area contributed by atoms with Gasteiger partial charge in [-0.3, -0.25) is 24.0 Å². The van der Waals surface area contributed by atoms with Crippen LogP contribution in [-0.4, -0.2) is 325 Å². The number of aliphatic hydroxyl groups is 14. The number of ether oxygens (including phenoxy) is 12. The molecule has 18 unspecified atom stereocenters. The molecule has 0 spiro atoms. The van der Waals surface area contributed by atoms with Gasteiger partial charge in [0.05, 0.1) is 45.7 Å². The van der Waals surface area contributed by atoms with Crippen LogP contribution in [-0.2, 0) is 71.3 Å². The van der Waals surface area contributed by atoms with E-state index in [-0.39, 0.29) is 5.56 Å². The predicted molar refractivity (Wildman–Crippen MR) is 328 cm³/mol. The summed E-state index contributed by atoms with van der Waals surface area (Å²) in [6.07, 6.45) is -33.6. The van der Waals surface area contributed by atoms with E-state index in [1.54, 1.807) is 12.1 Å². The molecule has 0 aromatic heterocycles.